The number of hydrogen-bond acceptors (Lipinski definition) is 3. The van der Waals surface area contributed by atoms with Crippen LogP contribution in [-0.4, -0.2) is 36.7 Å². The van der Waals surface area contributed by atoms with E-state index in [1.165, 1.54) is 6.08 Å². The summed E-state index contributed by atoms with van der Waals surface area (Å²) in [6.07, 6.45) is 3.36. The smallest absolute Gasteiger partial charge is 0.325 e. The van der Waals surface area contributed by atoms with Crippen LogP contribution in [0, 0.1) is 0 Å². The summed E-state index contributed by atoms with van der Waals surface area (Å²) >= 11 is 11.8. The molecule has 1 aromatic carbocycles. The number of nitrogens with zero attached hydrogens (tertiary/aromatic N) is 1. The summed E-state index contributed by atoms with van der Waals surface area (Å²) in [7, 11) is 1.71. The van der Waals surface area contributed by atoms with Crippen molar-refractivity contribution in [2.24, 2.45) is 0 Å². The Morgan fingerprint density at radius 2 is 2.04 bits per heavy atom. The van der Waals surface area contributed by atoms with Crippen LogP contribution in [0.2, 0.25) is 0 Å². The molecule has 24 heavy (non-hydrogen) atoms. The van der Waals surface area contributed by atoms with Crippen LogP contribution < -0.4 is 5.09 Å². The van der Waals surface area contributed by atoms with Crippen LogP contribution >= 0.6 is 29.6 Å². The molecular formula is C16H23Cl2N2O3P. The zero-order valence-corrected chi connectivity index (χ0v) is 16.1. The summed E-state index contributed by atoms with van der Waals surface area (Å²) in [6.45, 7) is 1.08. The lowest BCUT2D eigenvalue weighted by molar-refractivity contribution is -0.141. The molecule has 0 aliphatic carbocycles. The average Bonchev–Trinajstić information content (AvgIpc) is 2.54. The average molecular weight is 393 g/mol. The van der Waals surface area contributed by atoms with Gasteiger partial charge in [0, 0.05) is 18.1 Å². The largest absolute Gasteiger partial charge is 0.461 e. The molecule has 0 fully saturated rings. The van der Waals surface area contributed by atoms with E-state index < -0.39 is 6.80 Å². The number of nitrogens with one attached hydrogen (secondary N) is 1. The molecular weight excluding hydrogens is 370 g/mol. The van der Waals surface area contributed by atoms with Crippen molar-refractivity contribution in [1.29, 1.82) is 0 Å². The Morgan fingerprint density at radius 3 is 2.62 bits per heavy atom. The number of anilines is 1. The Labute approximate surface area is 153 Å². The van der Waals surface area contributed by atoms with E-state index in [-0.39, 0.29) is 19.0 Å². The highest BCUT2D eigenvalue weighted by atomic mass is 35.7. The molecule has 1 unspecified atom stereocenters. The van der Waals surface area contributed by atoms with E-state index in [4.69, 9.17) is 27.6 Å². The van der Waals surface area contributed by atoms with E-state index in [2.05, 4.69) is 11.7 Å². The highest BCUT2D eigenvalue weighted by Crippen LogP contribution is 2.53. The lowest BCUT2D eigenvalue weighted by Crippen LogP contribution is -2.18. The molecule has 0 aliphatic rings. The van der Waals surface area contributed by atoms with Gasteiger partial charge in [-0.1, -0.05) is 24.8 Å². The Balaban J connectivity index is 2.57. The Bertz CT molecular complexity index is 581. The maximum Gasteiger partial charge on any atom is 0.325 e. The molecule has 1 aromatic rings. The SMILES string of the molecule is C=CCOC(=O)Cc1ccc(NP(=O)(Cl)N(C)CCCCCl)cc1. The van der Waals surface area contributed by atoms with Crippen LogP contribution in [0.25, 0.3) is 0 Å². The van der Waals surface area contributed by atoms with E-state index in [9.17, 15) is 9.36 Å². The van der Waals surface area contributed by atoms with Crippen molar-refractivity contribution in [1.82, 2.24) is 4.67 Å². The van der Waals surface area contributed by atoms with Gasteiger partial charge in [0.2, 0.25) is 0 Å². The summed E-state index contributed by atoms with van der Waals surface area (Å²) in [5.41, 5.74) is 1.43. The van der Waals surface area contributed by atoms with Crippen molar-refractivity contribution >= 4 is 41.3 Å². The molecule has 0 amide bonds. The van der Waals surface area contributed by atoms with Crippen molar-refractivity contribution in [2.75, 3.05) is 31.2 Å². The van der Waals surface area contributed by atoms with Crippen molar-refractivity contribution in [2.45, 2.75) is 19.3 Å². The monoisotopic (exact) mass is 392 g/mol. The molecule has 0 heterocycles. The van der Waals surface area contributed by atoms with Crippen LogP contribution in [0.3, 0.4) is 0 Å². The predicted octanol–water partition coefficient (Wildman–Crippen LogP) is 4.67. The maximum absolute atomic E-state index is 12.5. The molecule has 0 saturated carbocycles. The summed E-state index contributed by atoms with van der Waals surface area (Å²) in [5.74, 6) is 0.252. The Kier molecular flexibility index (Phi) is 9.45. The summed E-state index contributed by atoms with van der Waals surface area (Å²) < 4.78 is 19.1. The standard InChI is InChI=1S/C16H23Cl2N2O3P/c1-3-12-23-16(21)13-14-6-8-15(9-7-14)19-24(18,22)20(2)11-5-4-10-17/h3,6-9H,1,4-5,10-13H2,2H3,(H,19,22). The zero-order chi connectivity index (χ0) is 18.0. The number of halogens is 2. The minimum atomic E-state index is -3.19. The van der Waals surface area contributed by atoms with Gasteiger partial charge in [0.25, 0.3) is 0 Å². The van der Waals surface area contributed by atoms with Crippen LogP contribution in [0.15, 0.2) is 36.9 Å². The van der Waals surface area contributed by atoms with Gasteiger partial charge in [0.05, 0.1) is 6.42 Å². The van der Waals surface area contributed by atoms with Gasteiger partial charge < -0.3 is 9.82 Å². The van der Waals surface area contributed by atoms with Gasteiger partial charge in [-0.2, -0.15) is 0 Å². The summed E-state index contributed by atoms with van der Waals surface area (Å²) in [6, 6.07) is 7.00. The highest BCUT2D eigenvalue weighted by molar-refractivity contribution is 7.88. The van der Waals surface area contributed by atoms with Crippen LogP contribution in [0.5, 0.6) is 0 Å². The molecule has 0 bridgehead atoms. The van der Waals surface area contributed by atoms with Gasteiger partial charge in [0.1, 0.15) is 6.61 Å². The van der Waals surface area contributed by atoms with Gasteiger partial charge in [-0.15, -0.1) is 11.6 Å². The highest BCUT2D eigenvalue weighted by Gasteiger charge is 2.24. The van der Waals surface area contributed by atoms with Crippen molar-refractivity contribution in [3.8, 4) is 0 Å². The van der Waals surface area contributed by atoms with E-state index >= 15 is 0 Å². The number of unbranched alkanes of at least 4 members (excludes halogenated alkanes) is 1. The lowest BCUT2D eigenvalue weighted by atomic mass is 10.1. The summed E-state index contributed by atoms with van der Waals surface area (Å²) in [4.78, 5) is 11.5. The van der Waals surface area contributed by atoms with E-state index in [1.807, 2.05) is 0 Å². The molecule has 134 valence electrons. The third-order valence-corrected chi connectivity index (χ3v) is 6.14. The normalized spacial score (nSPS) is 13.3. The van der Waals surface area contributed by atoms with Crippen LogP contribution in [-0.2, 0) is 20.5 Å². The van der Waals surface area contributed by atoms with Crippen LogP contribution in [0.1, 0.15) is 18.4 Å². The third kappa shape index (κ3) is 7.71. The number of carbonyl (C=O) groups is 1. The number of ether oxygens (including phenoxy) is 1. The lowest BCUT2D eigenvalue weighted by Gasteiger charge is -2.24. The van der Waals surface area contributed by atoms with E-state index in [0.29, 0.717) is 18.1 Å². The molecule has 0 spiro atoms. The first kappa shape index (κ1) is 21.0. The predicted molar refractivity (Wildman–Crippen MR) is 101 cm³/mol. The minimum absolute atomic E-state index is 0.172. The molecule has 0 saturated heterocycles. The fourth-order valence-corrected chi connectivity index (χ4v) is 3.62. The molecule has 0 aliphatic heterocycles. The third-order valence-electron chi connectivity index (χ3n) is 3.24. The molecule has 5 nitrogen and oxygen atoms in total. The second-order valence-electron chi connectivity index (χ2n) is 5.24. The number of benzene rings is 1. The number of alkyl halides is 1. The van der Waals surface area contributed by atoms with Gasteiger partial charge in [-0.25, -0.2) is 4.67 Å². The van der Waals surface area contributed by atoms with Gasteiger partial charge >= 0.3 is 12.8 Å². The molecule has 8 heteroatoms. The number of rotatable bonds is 11. The topological polar surface area (TPSA) is 58.6 Å². The van der Waals surface area contributed by atoms with Gasteiger partial charge in [-0.05, 0) is 48.8 Å². The van der Waals surface area contributed by atoms with E-state index in [1.54, 1.807) is 36.0 Å². The summed E-state index contributed by atoms with van der Waals surface area (Å²) in [5, 5.41) is 2.84. The van der Waals surface area contributed by atoms with E-state index in [0.717, 1.165) is 18.4 Å². The first-order chi connectivity index (χ1) is 11.4. The zero-order valence-electron chi connectivity index (χ0n) is 13.7. The first-order valence-corrected chi connectivity index (χ1v) is 10.7. The second-order valence-corrected chi connectivity index (χ2v) is 8.90. The Morgan fingerprint density at radius 1 is 1.38 bits per heavy atom. The Hall–Kier alpha value is -1.00. The molecule has 0 radical (unpaired) electrons. The molecule has 1 N–H and O–H groups in total. The molecule has 1 atom stereocenters. The maximum atomic E-state index is 12.5. The minimum Gasteiger partial charge on any atom is -0.461 e. The number of carbonyl (C=O) groups excluding carboxylic acids is 1. The second kappa shape index (κ2) is 10.8. The van der Waals surface area contributed by atoms with Crippen molar-refractivity contribution < 1.29 is 14.1 Å². The fraction of sp³-hybridized carbons (Fsp3) is 0.438. The van der Waals surface area contributed by atoms with Gasteiger partial charge in [0.15, 0.2) is 0 Å². The van der Waals surface area contributed by atoms with Gasteiger partial charge in [-0.3, -0.25) is 9.36 Å². The fourth-order valence-electron chi connectivity index (χ4n) is 1.88. The molecule has 1 rings (SSSR count). The first-order valence-electron chi connectivity index (χ1n) is 7.60. The number of esters is 1. The molecule has 0 aromatic heterocycles. The van der Waals surface area contributed by atoms with Crippen molar-refractivity contribution in [3.05, 3.63) is 42.5 Å². The van der Waals surface area contributed by atoms with Crippen LogP contribution in [0.4, 0.5) is 5.69 Å². The quantitative estimate of drug-likeness (QED) is 0.195. The van der Waals surface area contributed by atoms with Crippen molar-refractivity contribution in [3.63, 3.8) is 0 Å². The number of hydrogen-bond donors (Lipinski definition) is 1.